The van der Waals surface area contributed by atoms with Gasteiger partial charge in [0.2, 0.25) is 0 Å². The van der Waals surface area contributed by atoms with Crippen LogP contribution in [-0.4, -0.2) is 18.7 Å². The fraction of sp³-hybridized carbons (Fsp3) is 0.0476. The van der Waals surface area contributed by atoms with Crippen LogP contribution in [0.3, 0.4) is 0 Å². The molecular formula is C63H43N5OPt-2. The molecule has 0 fully saturated rings. The standard InChI is InChI=1S/C63H43N5O.Pt/c1-42(2)45-35-36-64-61(37-45)68-56-32-14-11-27-53(56)62-59(67-54-30-12-9-25-51(54)52-26-10-13-31-55(52)67)39-48(40-60(62)68)69-47-24-17-23-46(38-47)65-41-66(58-34-16-15-33-57(58)65)63-49(43-19-5-3-6-20-43)28-18-29-50(63)44-21-7-4-8-22-44;/h3-37,39,42H,1-2H3;/q-2;/i9D,10D,12D,13D,25D,26D,30D,31D;. The summed E-state index contributed by atoms with van der Waals surface area (Å²) in [6.07, 6.45) is 5.48. The van der Waals surface area contributed by atoms with Crippen molar-refractivity contribution < 1.29 is 41.3 Å². The van der Waals surface area contributed by atoms with Gasteiger partial charge < -0.3 is 18.4 Å². The Labute approximate surface area is 431 Å². The Morgan fingerprint density at radius 3 is 1.90 bits per heavy atom. The van der Waals surface area contributed by atoms with Crippen molar-refractivity contribution in [2.45, 2.75) is 19.8 Å². The molecule has 0 aliphatic carbocycles. The maximum Gasteiger partial charge on any atom is 0.268 e. The van der Waals surface area contributed by atoms with Crippen molar-refractivity contribution in [3.63, 3.8) is 0 Å². The van der Waals surface area contributed by atoms with Crippen LogP contribution in [0.4, 0.5) is 0 Å². The molecular weight excluding hydrogens is 1040 g/mol. The summed E-state index contributed by atoms with van der Waals surface area (Å²) in [6, 6.07) is 57.4. The second-order valence-corrected chi connectivity index (χ2v) is 17.2. The molecule has 0 saturated carbocycles. The Balaban J connectivity index is 0.00000609. The molecule has 0 aliphatic rings. The van der Waals surface area contributed by atoms with Crippen LogP contribution in [0.25, 0.3) is 99.8 Å². The third-order valence-corrected chi connectivity index (χ3v) is 12.8. The molecule has 4 heterocycles. The van der Waals surface area contributed by atoms with E-state index in [0.29, 0.717) is 33.8 Å². The fourth-order valence-corrected chi connectivity index (χ4v) is 9.65. The zero-order chi connectivity index (χ0) is 53.0. The number of nitrogens with zero attached hydrogens (tertiary/aromatic N) is 5. The Morgan fingerprint density at radius 1 is 0.571 bits per heavy atom. The number of benzene rings is 9. The molecule has 7 heteroatoms. The van der Waals surface area contributed by atoms with Crippen molar-refractivity contribution in [3.05, 3.63) is 242 Å². The Hall–Kier alpha value is -8.31. The van der Waals surface area contributed by atoms with Gasteiger partial charge in [-0.15, -0.1) is 24.3 Å². The van der Waals surface area contributed by atoms with E-state index in [4.69, 9.17) is 15.2 Å². The number of imidazole rings is 1. The number of rotatable bonds is 9. The van der Waals surface area contributed by atoms with Crippen molar-refractivity contribution in [1.29, 1.82) is 0 Å². The van der Waals surface area contributed by atoms with Gasteiger partial charge in [-0.2, -0.15) is 12.1 Å². The van der Waals surface area contributed by atoms with Gasteiger partial charge in [0.15, 0.2) is 0 Å². The van der Waals surface area contributed by atoms with E-state index in [-0.39, 0.29) is 54.5 Å². The zero-order valence-electron chi connectivity index (χ0n) is 45.7. The van der Waals surface area contributed by atoms with Crippen LogP contribution < -0.4 is 9.30 Å². The maximum absolute atomic E-state index is 9.44. The number of fused-ring (bicyclic) bond motifs is 7. The molecule has 9 aromatic carbocycles. The fourth-order valence-electron chi connectivity index (χ4n) is 9.65. The predicted molar refractivity (Wildman–Crippen MR) is 279 cm³/mol. The topological polar surface area (TPSA) is 40.8 Å². The largest absolute Gasteiger partial charge is 0.510 e. The first-order chi connectivity index (χ1) is 37.4. The maximum atomic E-state index is 9.44. The molecule has 4 aromatic heterocycles. The molecule has 0 bridgehead atoms. The van der Waals surface area contributed by atoms with Crippen LogP contribution >= 0.6 is 0 Å². The summed E-state index contributed by atoms with van der Waals surface area (Å²) in [4.78, 5) is 4.88. The quantitative estimate of drug-likeness (QED) is 0.107. The number of pyridine rings is 1. The zero-order valence-corrected chi connectivity index (χ0v) is 40.0. The summed E-state index contributed by atoms with van der Waals surface area (Å²) in [5.74, 6) is 1.25. The number of aromatic nitrogens is 5. The van der Waals surface area contributed by atoms with Gasteiger partial charge in [-0.25, -0.2) is 4.98 Å². The molecule has 0 saturated heterocycles. The summed E-state index contributed by atoms with van der Waals surface area (Å²) in [7, 11) is 0. The first-order valence-electron chi connectivity index (χ1n) is 26.8. The molecule has 13 aromatic rings. The average molecular weight is 1090 g/mol. The van der Waals surface area contributed by atoms with Crippen LogP contribution in [0.5, 0.6) is 11.5 Å². The molecule has 0 atom stereocenters. The normalized spacial score (nSPS) is 13.2. The van der Waals surface area contributed by atoms with Crippen LogP contribution in [0.2, 0.25) is 0 Å². The first kappa shape index (κ1) is 34.9. The van der Waals surface area contributed by atoms with E-state index in [1.807, 2.05) is 112 Å². The van der Waals surface area contributed by atoms with E-state index in [9.17, 15) is 5.48 Å². The van der Waals surface area contributed by atoms with E-state index in [1.54, 1.807) is 18.3 Å². The Kier molecular flexibility index (Phi) is 8.80. The third kappa shape index (κ3) is 7.14. The van der Waals surface area contributed by atoms with Crippen LogP contribution in [0.1, 0.15) is 36.3 Å². The summed E-state index contributed by atoms with van der Waals surface area (Å²) in [5.41, 5.74) is 10.1. The minimum Gasteiger partial charge on any atom is -0.510 e. The Bertz CT molecular complexity index is 4440. The van der Waals surface area contributed by atoms with Crippen molar-refractivity contribution in [1.82, 2.24) is 18.7 Å². The predicted octanol–water partition coefficient (Wildman–Crippen LogP) is 15.1. The average Bonchev–Trinajstić information content (AvgIpc) is 3.97. The summed E-state index contributed by atoms with van der Waals surface area (Å²) < 4.78 is 87.1. The van der Waals surface area contributed by atoms with Crippen LogP contribution in [0, 0.1) is 18.5 Å². The summed E-state index contributed by atoms with van der Waals surface area (Å²) >= 11 is 0. The van der Waals surface area contributed by atoms with Crippen molar-refractivity contribution >= 4 is 54.6 Å². The third-order valence-electron chi connectivity index (χ3n) is 12.8. The van der Waals surface area contributed by atoms with Crippen LogP contribution in [0.15, 0.2) is 218 Å². The van der Waals surface area contributed by atoms with E-state index in [2.05, 4.69) is 85.4 Å². The van der Waals surface area contributed by atoms with E-state index in [1.165, 1.54) is 4.57 Å². The van der Waals surface area contributed by atoms with Crippen molar-refractivity contribution in [2.24, 2.45) is 0 Å². The van der Waals surface area contributed by atoms with Gasteiger partial charge >= 0.3 is 0 Å². The molecule has 0 aliphatic heterocycles. The van der Waals surface area contributed by atoms with Gasteiger partial charge in [0, 0.05) is 55.1 Å². The van der Waals surface area contributed by atoms with E-state index < -0.39 is 48.3 Å². The molecule has 0 amide bonds. The molecule has 338 valence electrons. The van der Waals surface area contributed by atoms with E-state index in [0.717, 1.165) is 55.4 Å². The second kappa shape index (κ2) is 17.6. The van der Waals surface area contributed by atoms with Gasteiger partial charge in [0.1, 0.15) is 5.82 Å². The molecule has 0 radical (unpaired) electrons. The number of ether oxygens (including phenoxy) is 1. The van der Waals surface area contributed by atoms with Gasteiger partial charge in [-0.05, 0) is 80.8 Å². The van der Waals surface area contributed by atoms with Crippen molar-refractivity contribution in [3.8, 4) is 56.6 Å². The van der Waals surface area contributed by atoms with Gasteiger partial charge in [-0.3, -0.25) is 4.57 Å². The molecule has 0 spiro atoms. The summed E-state index contributed by atoms with van der Waals surface area (Å²) in [6.45, 7) is 4.22. The van der Waals surface area contributed by atoms with Gasteiger partial charge in [0.05, 0.1) is 38.7 Å². The van der Waals surface area contributed by atoms with Gasteiger partial charge in [0.25, 0.3) is 6.33 Å². The monoisotopic (exact) mass is 1090 g/mol. The smallest absolute Gasteiger partial charge is 0.268 e. The first-order valence-corrected chi connectivity index (χ1v) is 22.8. The minimum atomic E-state index is -0.525. The minimum absolute atomic E-state index is 0. The van der Waals surface area contributed by atoms with E-state index >= 15 is 0 Å². The molecule has 6 nitrogen and oxygen atoms in total. The Morgan fingerprint density at radius 2 is 1.20 bits per heavy atom. The number of hydrogen-bond acceptors (Lipinski definition) is 2. The second-order valence-electron chi connectivity index (χ2n) is 17.2. The number of para-hydroxylation sites is 6. The molecule has 13 rings (SSSR count). The SMILES string of the molecule is [2H]c1c([2H])c([2H])c2c(c1[2H])c1c([2H])c([2H])c([2H])c([2H])c1n2-c1cc(Oc2[c-]c(-n3[c-][n+](-c4c(-c5ccccc5)cccc4-c4ccccc4)c4ccccc43)ccc2)[c-]c2c1c1ccccc1n2-c1cc(C(C)C)ccn1.[Pt]. The van der Waals surface area contributed by atoms with Gasteiger partial charge in [-0.1, -0.05) is 182 Å². The molecule has 70 heavy (non-hydrogen) atoms. The summed E-state index contributed by atoms with van der Waals surface area (Å²) in [5, 5.41) is 1.24. The molecule has 0 unspecified atom stereocenters. The number of hydrogen-bond donors (Lipinski definition) is 0. The van der Waals surface area contributed by atoms with Crippen LogP contribution in [-0.2, 0) is 21.1 Å². The van der Waals surface area contributed by atoms with Crippen molar-refractivity contribution in [2.75, 3.05) is 0 Å². The molecule has 0 N–H and O–H groups in total.